The molecule has 0 amide bonds. The Balaban J connectivity index is 1.49. The van der Waals surface area contributed by atoms with Crippen molar-refractivity contribution in [2.24, 2.45) is 0 Å². The minimum atomic E-state index is -1.60. The van der Waals surface area contributed by atoms with E-state index >= 15 is 0 Å². The molecule has 0 fully saturated rings. The number of fused-ring (bicyclic) bond motifs is 2. The predicted octanol–water partition coefficient (Wildman–Crippen LogP) is 3.07. The lowest BCUT2D eigenvalue weighted by Crippen LogP contribution is -2.36. The lowest BCUT2D eigenvalue weighted by Gasteiger charge is -2.39. The fraction of sp³-hybridized carbons (Fsp3) is 0.200. The quantitative estimate of drug-likeness (QED) is 0.166. The molecular weight excluding hydrogens is 536 g/mol. The predicted molar refractivity (Wildman–Crippen MR) is 141 cm³/mol. The molecular formula is C30H26O11. The largest absolute Gasteiger partial charge is 0.508 e. The van der Waals surface area contributed by atoms with Crippen LogP contribution in [0.4, 0.5) is 0 Å². The molecule has 2 heterocycles. The second kappa shape index (κ2) is 9.66. The molecule has 9 N–H and O–H groups in total. The highest BCUT2D eigenvalue weighted by atomic mass is 16.5. The van der Waals surface area contributed by atoms with E-state index in [0.717, 1.165) is 0 Å². The second-order valence-corrected chi connectivity index (χ2v) is 10.1. The van der Waals surface area contributed by atoms with Crippen molar-refractivity contribution in [1.29, 1.82) is 0 Å². The third-order valence-corrected chi connectivity index (χ3v) is 7.63. The second-order valence-electron chi connectivity index (χ2n) is 10.1. The van der Waals surface area contributed by atoms with Crippen LogP contribution in [0.3, 0.4) is 0 Å². The van der Waals surface area contributed by atoms with Crippen molar-refractivity contribution in [2.75, 3.05) is 0 Å². The molecule has 6 atom stereocenters. The molecule has 2 aliphatic heterocycles. The van der Waals surface area contributed by atoms with Gasteiger partial charge in [-0.15, -0.1) is 0 Å². The molecule has 4 aromatic rings. The van der Waals surface area contributed by atoms with Crippen LogP contribution in [-0.2, 0) is 0 Å². The number of phenolic OH excluding ortho intramolecular Hbond substituents is 6. The van der Waals surface area contributed by atoms with E-state index in [2.05, 4.69) is 0 Å². The first-order chi connectivity index (χ1) is 19.6. The van der Waals surface area contributed by atoms with Gasteiger partial charge in [0.05, 0.1) is 0 Å². The minimum absolute atomic E-state index is 0.0228. The van der Waals surface area contributed by atoms with Crippen molar-refractivity contribution in [2.45, 2.75) is 36.4 Å². The molecule has 0 aromatic heterocycles. The lowest BCUT2D eigenvalue weighted by molar-refractivity contribution is -0.0711. The van der Waals surface area contributed by atoms with Crippen LogP contribution >= 0.6 is 0 Å². The summed E-state index contributed by atoms with van der Waals surface area (Å²) in [6, 6.07) is 15.3. The van der Waals surface area contributed by atoms with E-state index < -0.39 is 59.4 Å². The summed E-state index contributed by atoms with van der Waals surface area (Å²) in [6.45, 7) is 0. The van der Waals surface area contributed by atoms with E-state index in [1.807, 2.05) is 0 Å². The van der Waals surface area contributed by atoms with Crippen LogP contribution in [-0.4, -0.2) is 58.2 Å². The van der Waals surface area contributed by atoms with E-state index in [1.54, 1.807) is 0 Å². The van der Waals surface area contributed by atoms with Gasteiger partial charge in [-0.3, -0.25) is 0 Å². The maximum Gasteiger partial charge on any atom is 0.201 e. The molecule has 41 heavy (non-hydrogen) atoms. The van der Waals surface area contributed by atoms with Gasteiger partial charge in [0, 0.05) is 22.6 Å². The summed E-state index contributed by atoms with van der Waals surface area (Å²) in [6.07, 6.45) is -6.87. The fourth-order valence-electron chi connectivity index (χ4n) is 5.52. The van der Waals surface area contributed by atoms with Crippen LogP contribution in [0.5, 0.6) is 46.0 Å². The van der Waals surface area contributed by atoms with Crippen LogP contribution in [0.1, 0.15) is 52.0 Å². The summed E-state index contributed by atoms with van der Waals surface area (Å²) in [5, 5.41) is 96.0. The summed E-state index contributed by atoms with van der Waals surface area (Å²) in [4.78, 5) is 0. The SMILES string of the molecule is Oc1ccc([C@H]2Oc3c(ccc(O)c3O)[C@H](c3cc4c(c(O)c3O)O[C@H](c3ccc(O)cc3)[C@H](O)[C@@H]4O)[C@H]2O)cc1. The number of phenols is 6. The first-order valence-corrected chi connectivity index (χ1v) is 12.7. The Labute approximate surface area is 232 Å². The van der Waals surface area contributed by atoms with Crippen LogP contribution < -0.4 is 9.47 Å². The zero-order chi connectivity index (χ0) is 29.2. The highest BCUT2D eigenvalue weighted by Crippen LogP contribution is 2.57. The molecule has 212 valence electrons. The van der Waals surface area contributed by atoms with Gasteiger partial charge in [-0.2, -0.15) is 0 Å². The molecule has 0 radical (unpaired) electrons. The normalized spacial score (nSPS) is 25.0. The average Bonchev–Trinajstić information content (AvgIpc) is 2.96. The topological polar surface area (TPSA) is 201 Å². The molecule has 0 saturated carbocycles. The minimum Gasteiger partial charge on any atom is -0.508 e. The van der Waals surface area contributed by atoms with Crippen LogP contribution in [0, 0.1) is 0 Å². The summed E-state index contributed by atoms with van der Waals surface area (Å²) < 4.78 is 11.7. The number of aromatic hydroxyl groups is 6. The van der Waals surface area contributed by atoms with E-state index in [-0.39, 0.29) is 39.7 Å². The molecule has 0 spiro atoms. The molecule has 11 nitrogen and oxygen atoms in total. The molecule has 0 aliphatic carbocycles. The number of aliphatic hydroxyl groups excluding tert-OH is 3. The first-order valence-electron chi connectivity index (χ1n) is 12.7. The van der Waals surface area contributed by atoms with Crippen molar-refractivity contribution in [3.05, 3.63) is 94.5 Å². The standard InChI is InChI=1S/C30H26O11/c31-14-5-1-12(2-6-14)27-24(37)20(16-9-10-19(33)23(36)29(16)40-27)17-11-18-22(35)25(38)28(13-3-7-15(32)8-4-13)41-30(18)26(39)21(17)34/h1-11,20,22,24-25,27-28,31-39H/t20-,22-,24-,25-,27-,28-/m1/s1. The van der Waals surface area contributed by atoms with E-state index in [9.17, 15) is 46.0 Å². The average molecular weight is 563 g/mol. The molecule has 11 heteroatoms. The lowest BCUT2D eigenvalue weighted by atomic mass is 9.78. The third kappa shape index (κ3) is 4.18. The van der Waals surface area contributed by atoms with E-state index in [4.69, 9.17) is 9.47 Å². The molecule has 0 saturated heterocycles. The Hall–Kier alpha value is -4.84. The van der Waals surface area contributed by atoms with Gasteiger partial charge in [0.2, 0.25) is 11.5 Å². The smallest absolute Gasteiger partial charge is 0.201 e. The highest BCUT2D eigenvalue weighted by Gasteiger charge is 2.45. The van der Waals surface area contributed by atoms with Gasteiger partial charge >= 0.3 is 0 Å². The van der Waals surface area contributed by atoms with Crippen molar-refractivity contribution in [1.82, 2.24) is 0 Å². The van der Waals surface area contributed by atoms with Gasteiger partial charge in [0.1, 0.15) is 29.8 Å². The van der Waals surface area contributed by atoms with Gasteiger partial charge in [0.15, 0.2) is 35.2 Å². The van der Waals surface area contributed by atoms with E-state index in [1.165, 1.54) is 66.7 Å². The molecule has 6 rings (SSSR count). The van der Waals surface area contributed by atoms with Gasteiger partial charge in [0.25, 0.3) is 0 Å². The van der Waals surface area contributed by atoms with Gasteiger partial charge in [-0.1, -0.05) is 30.3 Å². The molecule has 2 aliphatic rings. The zero-order valence-electron chi connectivity index (χ0n) is 21.2. The Morgan fingerprint density at radius 2 is 1.00 bits per heavy atom. The number of hydrogen-bond donors (Lipinski definition) is 9. The monoisotopic (exact) mass is 562 g/mol. The highest BCUT2D eigenvalue weighted by molar-refractivity contribution is 5.65. The van der Waals surface area contributed by atoms with Crippen molar-refractivity contribution < 1.29 is 55.4 Å². The maximum absolute atomic E-state index is 11.6. The number of benzene rings is 4. The van der Waals surface area contributed by atoms with Gasteiger partial charge < -0.3 is 55.4 Å². The maximum atomic E-state index is 11.6. The van der Waals surface area contributed by atoms with Crippen molar-refractivity contribution in [3.8, 4) is 46.0 Å². The van der Waals surface area contributed by atoms with Gasteiger partial charge in [-0.25, -0.2) is 0 Å². The Kier molecular flexibility index (Phi) is 6.22. The molecule has 0 unspecified atom stereocenters. The molecule has 0 bridgehead atoms. The van der Waals surface area contributed by atoms with Crippen LogP contribution in [0.2, 0.25) is 0 Å². The number of hydrogen-bond acceptors (Lipinski definition) is 11. The van der Waals surface area contributed by atoms with Gasteiger partial charge in [-0.05, 0) is 47.5 Å². The molecule has 4 aromatic carbocycles. The summed E-state index contributed by atoms with van der Waals surface area (Å²) in [7, 11) is 0. The number of rotatable bonds is 3. The number of ether oxygens (including phenoxy) is 2. The summed E-state index contributed by atoms with van der Waals surface area (Å²) in [5.41, 5.74) is 0.799. The summed E-state index contributed by atoms with van der Waals surface area (Å²) in [5.74, 6) is -4.25. The Bertz CT molecular complexity index is 1620. The van der Waals surface area contributed by atoms with Crippen LogP contribution in [0.25, 0.3) is 0 Å². The third-order valence-electron chi connectivity index (χ3n) is 7.63. The van der Waals surface area contributed by atoms with E-state index in [0.29, 0.717) is 11.1 Å². The zero-order valence-corrected chi connectivity index (χ0v) is 21.2. The first kappa shape index (κ1) is 26.4. The van der Waals surface area contributed by atoms with Crippen molar-refractivity contribution in [3.63, 3.8) is 0 Å². The Morgan fingerprint density at radius 1 is 0.488 bits per heavy atom. The van der Waals surface area contributed by atoms with Crippen LogP contribution in [0.15, 0.2) is 66.7 Å². The Morgan fingerprint density at radius 3 is 1.56 bits per heavy atom. The number of aliphatic hydroxyl groups is 3. The summed E-state index contributed by atoms with van der Waals surface area (Å²) >= 11 is 0. The van der Waals surface area contributed by atoms with Crippen molar-refractivity contribution >= 4 is 0 Å². The fourth-order valence-corrected chi connectivity index (χ4v) is 5.52.